The van der Waals surface area contributed by atoms with Crippen LogP contribution in [0.3, 0.4) is 0 Å². The number of hydrogen-bond donors (Lipinski definition) is 1. The third kappa shape index (κ3) is 1.02. The highest BCUT2D eigenvalue weighted by molar-refractivity contribution is 5.74. The Bertz CT molecular complexity index is 379. The van der Waals surface area contributed by atoms with E-state index in [0.29, 0.717) is 5.92 Å². The first kappa shape index (κ1) is 7.85. The molecular weight excluding hydrogens is 178 g/mol. The zero-order valence-electron chi connectivity index (χ0n) is 7.69. The van der Waals surface area contributed by atoms with E-state index in [1.54, 1.807) is 0 Å². The van der Waals surface area contributed by atoms with Crippen LogP contribution in [0.15, 0.2) is 35.6 Å². The summed E-state index contributed by atoms with van der Waals surface area (Å²) in [7, 11) is 0. The van der Waals surface area contributed by atoms with Crippen LogP contribution in [0.4, 0.5) is 4.79 Å². The van der Waals surface area contributed by atoms with Crippen molar-refractivity contribution in [3.8, 4) is 0 Å². The topological polar surface area (TPSA) is 38.3 Å². The van der Waals surface area contributed by atoms with Crippen LogP contribution in [0.1, 0.15) is 12.8 Å². The molecule has 1 saturated heterocycles. The molecule has 0 aromatic rings. The number of ether oxygens (including phenoxy) is 1. The van der Waals surface area contributed by atoms with Crippen molar-refractivity contribution in [2.45, 2.75) is 18.9 Å². The van der Waals surface area contributed by atoms with E-state index in [0.717, 1.165) is 18.5 Å². The van der Waals surface area contributed by atoms with Gasteiger partial charge in [0.05, 0.1) is 5.70 Å². The van der Waals surface area contributed by atoms with Crippen molar-refractivity contribution >= 4 is 6.09 Å². The first-order valence-corrected chi connectivity index (χ1v) is 4.91. The Balaban J connectivity index is 2.06. The van der Waals surface area contributed by atoms with Gasteiger partial charge in [-0.15, -0.1) is 0 Å². The minimum Gasteiger partial charge on any atom is -0.440 e. The number of carbonyl (C=O) groups excluding carboxylic acids is 1. The van der Waals surface area contributed by atoms with Gasteiger partial charge in [-0.1, -0.05) is 24.3 Å². The molecule has 0 radical (unpaired) electrons. The summed E-state index contributed by atoms with van der Waals surface area (Å²) in [6, 6.07) is 0. The van der Waals surface area contributed by atoms with Crippen molar-refractivity contribution in [1.29, 1.82) is 0 Å². The molecule has 0 spiro atoms. The molecule has 3 aliphatic rings. The molecule has 2 aliphatic carbocycles. The highest BCUT2D eigenvalue weighted by atomic mass is 16.6. The number of allylic oxidation sites excluding steroid dienone is 5. The molecule has 14 heavy (non-hydrogen) atoms. The molecule has 3 heteroatoms. The molecule has 1 heterocycles. The lowest BCUT2D eigenvalue weighted by molar-refractivity contribution is 0.136. The highest BCUT2D eigenvalue weighted by Gasteiger charge is 2.36. The Kier molecular flexibility index (Phi) is 1.54. The van der Waals surface area contributed by atoms with Crippen LogP contribution in [0.25, 0.3) is 0 Å². The zero-order chi connectivity index (χ0) is 9.54. The largest absolute Gasteiger partial charge is 0.440 e. The average molecular weight is 189 g/mol. The van der Waals surface area contributed by atoms with Gasteiger partial charge in [-0.2, -0.15) is 0 Å². The van der Waals surface area contributed by atoms with Crippen molar-refractivity contribution in [2.75, 3.05) is 0 Å². The van der Waals surface area contributed by atoms with E-state index >= 15 is 0 Å². The fraction of sp³-hybridized carbons (Fsp3) is 0.364. The number of hydrogen-bond acceptors (Lipinski definition) is 2. The molecule has 1 amide bonds. The standard InChI is InChI=1S/C11H11NO2/c13-11-12-10-8-4-2-1-3-7(8)5-6-9(10)14-11/h1-4,7,9H,5-6H2,(H,12,13). The lowest BCUT2D eigenvalue weighted by Gasteiger charge is -2.26. The Hall–Kier alpha value is -1.51. The molecule has 3 nitrogen and oxygen atoms in total. The van der Waals surface area contributed by atoms with Gasteiger partial charge in [0.2, 0.25) is 0 Å². The highest BCUT2D eigenvalue weighted by Crippen LogP contribution is 2.36. The summed E-state index contributed by atoms with van der Waals surface area (Å²) in [6.07, 6.45) is 9.99. The SMILES string of the molecule is O=C1NC2=C3C=CC=CC3CCC2O1. The Morgan fingerprint density at radius 3 is 3.21 bits per heavy atom. The summed E-state index contributed by atoms with van der Waals surface area (Å²) >= 11 is 0. The molecule has 1 N–H and O–H groups in total. The third-order valence-corrected chi connectivity index (χ3v) is 2.99. The van der Waals surface area contributed by atoms with Crippen LogP contribution in [-0.2, 0) is 4.74 Å². The van der Waals surface area contributed by atoms with Gasteiger partial charge in [0, 0.05) is 5.92 Å². The van der Waals surface area contributed by atoms with Crippen molar-refractivity contribution in [3.63, 3.8) is 0 Å². The second-order valence-corrected chi connectivity index (χ2v) is 3.82. The Morgan fingerprint density at radius 1 is 1.36 bits per heavy atom. The maximum atomic E-state index is 11.1. The van der Waals surface area contributed by atoms with Gasteiger partial charge in [-0.3, -0.25) is 5.32 Å². The van der Waals surface area contributed by atoms with Gasteiger partial charge in [-0.05, 0) is 18.4 Å². The van der Waals surface area contributed by atoms with Crippen molar-refractivity contribution in [2.24, 2.45) is 5.92 Å². The Labute approximate surface area is 82.1 Å². The minimum absolute atomic E-state index is 0.0232. The molecular formula is C11H11NO2. The first-order valence-electron chi connectivity index (χ1n) is 4.91. The number of amides is 1. The van der Waals surface area contributed by atoms with E-state index in [1.165, 1.54) is 5.57 Å². The van der Waals surface area contributed by atoms with Crippen LogP contribution < -0.4 is 5.32 Å². The van der Waals surface area contributed by atoms with Crippen molar-refractivity contribution in [1.82, 2.24) is 5.32 Å². The summed E-state index contributed by atoms with van der Waals surface area (Å²) in [5.41, 5.74) is 2.20. The normalized spacial score (nSPS) is 33.6. The number of alkyl carbamates (subject to hydrolysis) is 1. The van der Waals surface area contributed by atoms with Crippen molar-refractivity contribution < 1.29 is 9.53 Å². The third-order valence-electron chi connectivity index (χ3n) is 2.99. The van der Waals surface area contributed by atoms with E-state index in [-0.39, 0.29) is 12.2 Å². The van der Waals surface area contributed by atoms with E-state index in [2.05, 4.69) is 23.5 Å². The molecule has 0 bridgehead atoms. The molecule has 3 rings (SSSR count). The van der Waals surface area contributed by atoms with E-state index < -0.39 is 0 Å². The predicted octanol–water partition coefficient (Wildman–Crippen LogP) is 1.88. The van der Waals surface area contributed by atoms with E-state index in [4.69, 9.17) is 4.74 Å². The van der Waals surface area contributed by atoms with Gasteiger partial charge in [0.25, 0.3) is 0 Å². The second kappa shape index (κ2) is 2.74. The average Bonchev–Trinajstić information content (AvgIpc) is 2.59. The molecule has 2 unspecified atom stereocenters. The van der Waals surface area contributed by atoms with Crippen molar-refractivity contribution in [3.05, 3.63) is 35.6 Å². The fourth-order valence-electron chi connectivity index (χ4n) is 2.33. The van der Waals surface area contributed by atoms with Gasteiger partial charge < -0.3 is 4.74 Å². The van der Waals surface area contributed by atoms with Gasteiger partial charge in [0.1, 0.15) is 6.10 Å². The quantitative estimate of drug-likeness (QED) is 0.632. The molecule has 72 valence electrons. The van der Waals surface area contributed by atoms with E-state index in [9.17, 15) is 4.79 Å². The minimum atomic E-state index is -0.305. The smallest absolute Gasteiger partial charge is 0.412 e. The van der Waals surface area contributed by atoms with Gasteiger partial charge in [0.15, 0.2) is 0 Å². The molecule has 0 saturated carbocycles. The van der Waals surface area contributed by atoms with Crippen LogP contribution in [0.2, 0.25) is 0 Å². The summed E-state index contributed by atoms with van der Waals surface area (Å²) < 4.78 is 5.15. The predicted molar refractivity (Wildman–Crippen MR) is 51.4 cm³/mol. The maximum Gasteiger partial charge on any atom is 0.412 e. The first-order chi connectivity index (χ1) is 6.84. The fourth-order valence-corrected chi connectivity index (χ4v) is 2.33. The lowest BCUT2D eigenvalue weighted by atomic mass is 9.82. The number of fused-ring (bicyclic) bond motifs is 2. The molecule has 1 aliphatic heterocycles. The van der Waals surface area contributed by atoms with Crippen LogP contribution in [-0.4, -0.2) is 12.2 Å². The van der Waals surface area contributed by atoms with Crippen LogP contribution in [0.5, 0.6) is 0 Å². The Morgan fingerprint density at radius 2 is 2.29 bits per heavy atom. The zero-order valence-corrected chi connectivity index (χ0v) is 7.69. The summed E-state index contributed by atoms with van der Waals surface area (Å²) in [5, 5.41) is 2.79. The number of carbonyl (C=O) groups is 1. The maximum absolute atomic E-state index is 11.1. The number of rotatable bonds is 0. The van der Waals surface area contributed by atoms with Crippen LogP contribution in [0, 0.1) is 5.92 Å². The summed E-state index contributed by atoms with van der Waals surface area (Å²) in [6.45, 7) is 0. The van der Waals surface area contributed by atoms with Crippen LogP contribution >= 0.6 is 0 Å². The molecule has 0 aromatic heterocycles. The molecule has 1 fully saturated rings. The number of nitrogens with one attached hydrogen (secondary N) is 1. The van der Waals surface area contributed by atoms with Gasteiger partial charge in [-0.25, -0.2) is 4.79 Å². The second-order valence-electron chi connectivity index (χ2n) is 3.82. The lowest BCUT2D eigenvalue weighted by Crippen LogP contribution is -2.24. The van der Waals surface area contributed by atoms with E-state index in [1.807, 2.05) is 6.08 Å². The monoisotopic (exact) mass is 189 g/mol. The van der Waals surface area contributed by atoms with Gasteiger partial charge >= 0.3 is 6.09 Å². The molecule has 2 atom stereocenters. The summed E-state index contributed by atoms with van der Waals surface area (Å²) in [4.78, 5) is 11.1. The molecule has 0 aromatic carbocycles. The summed E-state index contributed by atoms with van der Waals surface area (Å²) in [5.74, 6) is 0.466.